The zero-order valence-electron chi connectivity index (χ0n) is 11.0. The van der Waals surface area contributed by atoms with Gasteiger partial charge in [0.05, 0.1) is 11.1 Å². The van der Waals surface area contributed by atoms with Crippen LogP contribution in [0.25, 0.3) is 10.9 Å². The van der Waals surface area contributed by atoms with E-state index in [0.717, 1.165) is 16.5 Å². The molecule has 0 radical (unpaired) electrons. The number of pyridine rings is 1. The number of aromatic nitrogens is 1. The van der Waals surface area contributed by atoms with Crippen molar-refractivity contribution in [2.24, 2.45) is 0 Å². The Labute approximate surface area is 116 Å². The van der Waals surface area contributed by atoms with Gasteiger partial charge in [0, 0.05) is 11.5 Å². The first-order valence-corrected chi connectivity index (χ1v) is 6.37. The molecule has 0 unspecified atom stereocenters. The van der Waals surface area contributed by atoms with Gasteiger partial charge >= 0.3 is 5.97 Å². The molecule has 3 rings (SSSR count). The lowest BCUT2D eigenvalue weighted by Gasteiger charge is -2.06. The molecule has 0 aliphatic carbocycles. The van der Waals surface area contributed by atoms with Crippen LogP contribution >= 0.6 is 0 Å². The van der Waals surface area contributed by atoms with E-state index in [4.69, 9.17) is 4.74 Å². The van der Waals surface area contributed by atoms with Gasteiger partial charge in [-0.15, -0.1) is 0 Å². The molecule has 3 nitrogen and oxygen atoms in total. The molecule has 0 atom stereocenters. The fourth-order valence-electron chi connectivity index (χ4n) is 2.06. The van der Waals surface area contributed by atoms with E-state index in [-0.39, 0.29) is 5.97 Å². The third kappa shape index (κ3) is 2.38. The summed E-state index contributed by atoms with van der Waals surface area (Å²) in [4.78, 5) is 16.4. The highest BCUT2D eigenvalue weighted by Gasteiger charge is 2.11. The van der Waals surface area contributed by atoms with Gasteiger partial charge < -0.3 is 4.74 Å². The number of fused-ring (bicyclic) bond motifs is 1. The average molecular weight is 263 g/mol. The molecule has 0 saturated carbocycles. The van der Waals surface area contributed by atoms with Crippen LogP contribution < -0.4 is 4.74 Å². The van der Waals surface area contributed by atoms with Crippen LogP contribution in [-0.4, -0.2) is 11.0 Å². The molecule has 3 heteroatoms. The topological polar surface area (TPSA) is 39.2 Å². The van der Waals surface area contributed by atoms with Gasteiger partial charge in [-0.1, -0.05) is 36.4 Å². The zero-order valence-corrected chi connectivity index (χ0v) is 11.0. The number of benzene rings is 2. The summed E-state index contributed by atoms with van der Waals surface area (Å²) in [6, 6.07) is 18.6. The van der Waals surface area contributed by atoms with Crippen molar-refractivity contribution >= 4 is 16.9 Å². The molecular formula is C17H13NO2. The molecule has 1 aromatic heterocycles. The van der Waals surface area contributed by atoms with Crippen LogP contribution in [0.3, 0.4) is 0 Å². The van der Waals surface area contributed by atoms with Crippen LogP contribution in [0.15, 0.2) is 60.7 Å². The first-order valence-electron chi connectivity index (χ1n) is 6.37. The number of esters is 1. The minimum Gasteiger partial charge on any atom is -0.404 e. The maximum Gasteiger partial charge on any atom is 0.345 e. The van der Waals surface area contributed by atoms with Crippen molar-refractivity contribution in [2.45, 2.75) is 6.92 Å². The Morgan fingerprint density at radius 2 is 1.70 bits per heavy atom. The summed E-state index contributed by atoms with van der Waals surface area (Å²) in [6.45, 7) is 1.88. The van der Waals surface area contributed by atoms with Crippen molar-refractivity contribution < 1.29 is 9.53 Å². The Morgan fingerprint density at radius 1 is 0.950 bits per heavy atom. The molecular weight excluding hydrogens is 250 g/mol. The second kappa shape index (κ2) is 5.13. The molecule has 0 aliphatic rings. The van der Waals surface area contributed by atoms with Gasteiger partial charge in [0.15, 0.2) is 0 Å². The second-order valence-electron chi connectivity index (χ2n) is 4.55. The predicted molar refractivity (Wildman–Crippen MR) is 77.9 cm³/mol. The summed E-state index contributed by atoms with van der Waals surface area (Å²) in [5.74, 6) is -0.0668. The Hall–Kier alpha value is -2.68. The molecule has 0 N–H and O–H groups in total. The number of rotatable bonds is 2. The number of carbonyl (C=O) groups excluding carboxylic acids is 1. The van der Waals surface area contributed by atoms with Gasteiger partial charge in [0.1, 0.15) is 0 Å². The van der Waals surface area contributed by atoms with Crippen LogP contribution in [0.2, 0.25) is 0 Å². The molecule has 0 aliphatic heterocycles. The first-order chi connectivity index (χ1) is 9.74. The molecule has 1 heterocycles. The third-order valence-electron chi connectivity index (χ3n) is 3.14. The fourth-order valence-corrected chi connectivity index (χ4v) is 2.06. The van der Waals surface area contributed by atoms with Crippen molar-refractivity contribution in [3.63, 3.8) is 0 Å². The van der Waals surface area contributed by atoms with Crippen molar-refractivity contribution in [1.29, 1.82) is 0 Å². The molecule has 0 bridgehead atoms. The lowest BCUT2D eigenvalue weighted by Crippen LogP contribution is -2.10. The minimum absolute atomic E-state index is 0.317. The maximum atomic E-state index is 12.1. The normalized spacial score (nSPS) is 10.4. The summed E-state index contributed by atoms with van der Waals surface area (Å²) < 4.78 is 5.34. The molecule has 0 spiro atoms. The molecule has 98 valence electrons. The highest BCUT2D eigenvalue weighted by Crippen LogP contribution is 2.17. The molecule has 0 fully saturated rings. The smallest absolute Gasteiger partial charge is 0.345 e. The van der Waals surface area contributed by atoms with Gasteiger partial charge in [-0.2, -0.15) is 0 Å². The molecule has 0 amide bonds. The Morgan fingerprint density at radius 3 is 2.55 bits per heavy atom. The Balaban J connectivity index is 1.89. The third-order valence-corrected chi connectivity index (χ3v) is 3.14. The van der Waals surface area contributed by atoms with Crippen LogP contribution in [0.1, 0.15) is 15.9 Å². The molecule has 2 aromatic carbocycles. The molecule has 20 heavy (non-hydrogen) atoms. The number of hydrogen-bond donors (Lipinski definition) is 0. The summed E-state index contributed by atoms with van der Waals surface area (Å²) in [5.41, 5.74) is 2.25. The summed E-state index contributed by atoms with van der Waals surface area (Å²) in [7, 11) is 0. The highest BCUT2D eigenvalue weighted by atomic mass is 16.5. The van der Waals surface area contributed by atoms with E-state index < -0.39 is 0 Å². The monoisotopic (exact) mass is 263 g/mol. The van der Waals surface area contributed by atoms with E-state index in [1.807, 2.05) is 55.5 Å². The van der Waals surface area contributed by atoms with Crippen LogP contribution in [0.4, 0.5) is 0 Å². The van der Waals surface area contributed by atoms with Gasteiger partial charge in [0.25, 0.3) is 0 Å². The number of hydrogen-bond acceptors (Lipinski definition) is 3. The maximum absolute atomic E-state index is 12.1. The molecule has 3 aromatic rings. The number of ether oxygens (including phenoxy) is 1. The predicted octanol–water partition coefficient (Wildman–Crippen LogP) is 3.76. The van der Waals surface area contributed by atoms with Crippen LogP contribution in [0, 0.1) is 6.92 Å². The van der Waals surface area contributed by atoms with E-state index >= 15 is 0 Å². The van der Waals surface area contributed by atoms with Gasteiger partial charge in [-0.3, -0.25) is 0 Å². The molecule has 0 saturated heterocycles. The van der Waals surface area contributed by atoms with Crippen molar-refractivity contribution in [3.8, 4) is 5.88 Å². The minimum atomic E-state index is -0.383. The number of para-hydroxylation sites is 1. The largest absolute Gasteiger partial charge is 0.404 e. The quantitative estimate of drug-likeness (QED) is 0.661. The van der Waals surface area contributed by atoms with E-state index in [1.54, 1.807) is 12.1 Å². The number of nitrogens with zero attached hydrogens (tertiary/aromatic N) is 1. The fraction of sp³-hybridized carbons (Fsp3) is 0.0588. The number of carbonyl (C=O) groups is 1. The Kier molecular flexibility index (Phi) is 3.17. The standard InChI is InChI=1S/C17H13NO2/c1-12-6-2-4-8-14(12)17(19)20-16-11-10-13-7-3-5-9-15(13)18-16/h2-11H,1H3. The van der Waals surface area contributed by atoms with Gasteiger partial charge in [0.2, 0.25) is 5.88 Å². The summed E-state index contributed by atoms with van der Waals surface area (Å²) in [5, 5.41) is 1.02. The van der Waals surface area contributed by atoms with E-state index in [1.165, 1.54) is 0 Å². The van der Waals surface area contributed by atoms with Gasteiger partial charge in [-0.25, -0.2) is 9.78 Å². The van der Waals surface area contributed by atoms with Crippen LogP contribution in [0.5, 0.6) is 5.88 Å². The number of aryl methyl sites for hydroxylation is 1. The van der Waals surface area contributed by atoms with Crippen LogP contribution in [-0.2, 0) is 0 Å². The lowest BCUT2D eigenvalue weighted by atomic mass is 10.1. The summed E-state index contributed by atoms with van der Waals surface area (Å²) >= 11 is 0. The Bertz CT molecular complexity index is 781. The van der Waals surface area contributed by atoms with E-state index in [9.17, 15) is 4.79 Å². The zero-order chi connectivity index (χ0) is 13.9. The first kappa shape index (κ1) is 12.4. The lowest BCUT2D eigenvalue weighted by molar-refractivity contribution is 0.0727. The average Bonchev–Trinajstić information content (AvgIpc) is 2.47. The van der Waals surface area contributed by atoms with Crippen molar-refractivity contribution in [1.82, 2.24) is 4.98 Å². The van der Waals surface area contributed by atoms with E-state index in [2.05, 4.69) is 4.98 Å². The summed E-state index contributed by atoms with van der Waals surface area (Å²) in [6.07, 6.45) is 0. The van der Waals surface area contributed by atoms with Crippen molar-refractivity contribution in [2.75, 3.05) is 0 Å². The van der Waals surface area contributed by atoms with Crippen molar-refractivity contribution in [3.05, 3.63) is 71.8 Å². The van der Waals surface area contributed by atoms with Gasteiger partial charge in [-0.05, 0) is 30.7 Å². The van der Waals surface area contributed by atoms with E-state index in [0.29, 0.717) is 11.4 Å². The second-order valence-corrected chi connectivity index (χ2v) is 4.55. The highest BCUT2D eigenvalue weighted by molar-refractivity contribution is 5.92. The SMILES string of the molecule is Cc1ccccc1C(=O)Oc1ccc2ccccc2n1.